The van der Waals surface area contributed by atoms with Crippen molar-refractivity contribution in [1.29, 1.82) is 0 Å². The monoisotopic (exact) mass is 222 g/mol. The average molecular weight is 222 g/mol. The lowest BCUT2D eigenvalue weighted by atomic mass is 10.4. The minimum Gasteiger partial charge on any atom is -0.398 e. The number of hydrogen-bond donors (Lipinski definition) is 3. The first kappa shape index (κ1) is 14.0. The Bertz CT molecular complexity index is 151. The van der Waals surface area contributed by atoms with Crippen LogP contribution in [0.5, 0.6) is 0 Å². The summed E-state index contributed by atoms with van der Waals surface area (Å²) in [5.74, 6) is 0. The van der Waals surface area contributed by atoms with E-state index in [4.69, 9.17) is 25.4 Å². The second-order valence-corrected chi connectivity index (χ2v) is 6.85. The van der Waals surface area contributed by atoms with Gasteiger partial charge in [-0.15, -0.1) is 0 Å². The summed E-state index contributed by atoms with van der Waals surface area (Å²) in [6.07, 6.45) is 0.820. The first-order chi connectivity index (χ1) is 6.58. The molecule has 0 aliphatic heterocycles. The fraction of sp³-hybridized carbons (Fsp3) is 1.00. The molecule has 5 nitrogen and oxygen atoms in total. The normalized spacial score (nSPS) is 17.8. The van der Waals surface area contributed by atoms with E-state index in [1.165, 1.54) is 0 Å². The van der Waals surface area contributed by atoms with Gasteiger partial charge in [-0.25, -0.2) is 0 Å². The first-order valence-corrected chi connectivity index (χ1v) is 7.36. The van der Waals surface area contributed by atoms with Crippen molar-refractivity contribution >= 4 is 8.56 Å². The number of aliphatic hydroxyl groups excluding tert-OH is 1. The van der Waals surface area contributed by atoms with E-state index < -0.39 is 8.56 Å². The Labute approximate surface area is 86.6 Å². The zero-order valence-electron chi connectivity index (χ0n) is 9.03. The van der Waals surface area contributed by atoms with E-state index in [1.54, 1.807) is 7.11 Å². The quantitative estimate of drug-likeness (QED) is 0.376. The van der Waals surface area contributed by atoms with Gasteiger partial charge in [0.25, 0.3) is 0 Å². The smallest absolute Gasteiger partial charge is 0.336 e. The Morgan fingerprint density at radius 1 is 1.50 bits per heavy atom. The van der Waals surface area contributed by atoms with E-state index in [0.717, 1.165) is 6.42 Å². The van der Waals surface area contributed by atoms with Crippen molar-refractivity contribution in [3.05, 3.63) is 0 Å². The van der Waals surface area contributed by atoms with Crippen LogP contribution in [0.3, 0.4) is 0 Å². The fourth-order valence-corrected chi connectivity index (χ4v) is 3.17. The van der Waals surface area contributed by atoms with Crippen LogP contribution in [0.15, 0.2) is 0 Å². The highest BCUT2D eigenvalue weighted by Gasteiger charge is 2.32. The molecular weight excluding hydrogens is 200 g/mol. The number of rotatable bonds is 8. The van der Waals surface area contributed by atoms with Gasteiger partial charge in [-0.05, 0) is 19.5 Å². The number of nitrogens with two attached hydrogens (primary N) is 2. The molecule has 0 aliphatic rings. The Morgan fingerprint density at radius 2 is 2.14 bits per heavy atom. The molecule has 0 aromatic carbocycles. The third kappa shape index (κ3) is 5.69. The van der Waals surface area contributed by atoms with Crippen molar-refractivity contribution in [3.8, 4) is 0 Å². The van der Waals surface area contributed by atoms with Gasteiger partial charge in [0.05, 0.1) is 6.61 Å². The van der Waals surface area contributed by atoms with Crippen LogP contribution in [0.1, 0.15) is 6.42 Å². The standard InChI is InChI=1S/C8H22N2O3Si/c1-12-14(2,7-8(10)6-11)13-5-3-4-9/h8,11H,3-7,9-10H2,1-2H3. The van der Waals surface area contributed by atoms with Crippen LogP contribution in [0.2, 0.25) is 12.6 Å². The minimum absolute atomic E-state index is 0.0355. The van der Waals surface area contributed by atoms with E-state index in [-0.39, 0.29) is 12.6 Å². The van der Waals surface area contributed by atoms with E-state index in [9.17, 15) is 0 Å². The minimum atomic E-state index is -2.19. The molecule has 5 N–H and O–H groups in total. The molecule has 0 spiro atoms. The molecule has 0 fully saturated rings. The van der Waals surface area contributed by atoms with Crippen molar-refractivity contribution in [2.24, 2.45) is 11.5 Å². The Hall–Kier alpha value is 0.0169. The Kier molecular flexibility index (Phi) is 7.34. The topological polar surface area (TPSA) is 90.7 Å². The molecule has 86 valence electrons. The van der Waals surface area contributed by atoms with Gasteiger partial charge in [0.2, 0.25) is 0 Å². The molecule has 0 aromatic rings. The zero-order chi connectivity index (χ0) is 11.0. The number of hydrogen-bond acceptors (Lipinski definition) is 5. The van der Waals surface area contributed by atoms with E-state index in [0.29, 0.717) is 19.2 Å². The molecule has 0 saturated carbocycles. The van der Waals surface area contributed by atoms with Crippen molar-refractivity contribution in [2.75, 3.05) is 26.9 Å². The average Bonchev–Trinajstić information content (AvgIpc) is 2.18. The highest BCUT2D eigenvalue weighted by atomic mass is 28.4. The van der Waals surface area contributed by atoms with Gasteiger partial charge >= 0.3 is 8.56 Å². The summed E-state index contributed by atoms with van der Waals surface area (Å²) < 4.78 is 11.0. The van der Waals surface area contributed by atoms with Gasteiger partial charge in [0.1, 0.15) is 0 Å². The molecule has 0 aliphatic carbocycles. The maximum absolute atomic E-state index is 8.83. The van der Waals surface area contributed by atoms with Gasteiger partial charge in [-0.1, -0.05) is 0 Å². The lowest BCUT2D eigenvalue weighted by Crippen LogP contribution is -2.44. The van der Waals surface area contributed by atoms with Crippen molar-refractivity contribution < 1.29 is 14.0 Å². The maximum Gasteiger partial charge on any atom is 0.336 e. The van der Waals surface area contributed by atoms with E-state index in [2.05, 4.69) is 0 Å². The Balaban J connectivity index is 3.90. The summed E-state index contributed by atoms with van der Waals surface area (Å²) in [7, 11) is -0.561. The van der Waals surface area contributed by atoms with Gasteiger partial charge in [-0.2, -0.15) is 0 Å². The van der Waals surface area contributed by atoms with Crippen LogP contribution in [0, 0.1) is 0 Å². The lowest BCUT2D eigenvalue weighted by molar-refractivity contribution is 0.193. The molecule has 0 heterocycles. The fourth-order valence-electron chi connectivity index (χ4n) is 1.11. The van der Waals surface area contributed by atoms with Crippen molar-refractivity contribution in [3.63, 3.8) is 0 Å². The molecule has 0 amide bonds. The highest BCUT2D eigenvalue weighted by molar-refractivity contribution is 6.66. The summed E-state index contributed by atoms with van der Waals surface area (Å²) >= 11 is 0. The van der Waals surface area contributed by atoms with Gasteiger partial charge < -0.3 is 25.4 Å². The zero-order valence-corrected chi connectivity index (χ0v) is 10.0. The van der Waals surface area contributed by atoms with E-state index in [1.807, 2.05) is 6.55 Å². The summed E-state index contributed by atoms with van der Waals surface area (Å²) in [5, 5.41) is 8.83. The largest absolute Gasteiger partial charge is 0.398 e. The first-order valence-electron chi connectivity index (χ1n) is 4.83. The summed E-state index contributed by atoms with van der Waals surface area (Å²) in [6, 6.07) is 0.342. The van der Waals surface area contributed by atoms with Crippen LogP contribution < -0.4 is 11.5 Å². The van der Waals surface area contributed by atoms with Gasteiger partial charge in [0, 0.05) is 25.8 Å². The molecule has 0 radical (unpaired) electrons. The molecule has 0 bridgehead atoms. The molecule has 2 unspecified atom stereocenters. The van der Waals surface area contributed by atoms with E-state index >= 15 is 0 Å². The molecule has 14 heavy (non-hydrogen) atoms. The molecule has 0 rings (SSSR count). The predicted octanol–water partition coefficient (Wildman–Crippen LogP) is -0.610. The van der Waals surface area contributed by atoms with Gasteiger partial charge in [-0.3, -0.25) is 0 Å². The predicted molar refractivity (Wildman–Crippen MR) is 58.1 cm³/mol. The molecule has 2 atom stereocenters. The van der Waals surface area contributed by atoms with Crippen molar-refractivity contribution in [1.82, 2.24) is 0 Å². The molecule has 6 heteroatoms. The number of aliphatic hydroxyl groups is 1. The SMILES string of the molecule is CO[Si](C)(CC(N)CO)OCCCN. The second-order valence-electron chi connectivity index (χ2n) is 3.48. The van der Waals surface area contributed by atoms with Crippen LogP contribution in [-0.2, 0) is 8.85 Å². The molecule has 0 aromatic heterocycles. The molecule has 0 saturated heterocycles. The lowest BCUT2D eigenvalue weighted by Gasteiger charge is -2.27. The highest BCUT2D eigenvalue weighted by Crippen LogP contribution is 2.14. The van der Waals surface area contributed by atoms with Crippen LogP contribution >= 0.6 is 0 Å². The van der Waals surface area contributed by atoms with Crippen molar-refractivity contribution in [2.45, 2.75) is 25.1 Å². The molecular formula is C8H22N2O3Si. The third-order valence-corrected chi connectivity index (χ3v) is 5.00. The van der Waals surface area contributed by atoms with Gasteiger partial charge in [0.15, 0.2) is 0 Å². The van der Waals surface area contributed by atoms with Crippen LogP contribution in [0.4, 0.5) is 0 Å². The Morgan fingerprint density at radius 3 is 2.57 bits per heavy atom. The third-order valence-electron chi connectivity index (χ3n) is 2.06. The summed E-state index contributed by atoms with van der Waals surface area (Å²) in [5.41, 5.74) is 11.0. The van der Waals surface area contributed by atoms with Crippen LogP contribution in [0.25, 0.3) is 0 Å². The summed E-state index contributed by atoms with van der Waals surface area (Å²) in [4.78, 5) is 0. The van der Waals surface area contributed by atoms with Crippen LogP contribution in [-0.4, -0.2) is 46.6 Å². The second kappa shape index (κ2) is 7.33. The maximum atomic E-state index is 8.83. The summed E-state index contributed by atoms with van der Waals surface area (Å²) in [6.45, 7) is 3.12.